The molecular weight excluding hydrogens is 308 g/mol. The van der Waals surface area contributed by atoms with Crippen molar-refractivity contribution >= 4 is 23.0 Å². The van der Waals surface area contributed by atoms with Crippen molar-refractivity contribution < 1.29 is 19.4 Å². The van der Waals surface area contributed by atoms with Gasteiger partial charge in [-0.2, -0.15) is 0 Å². The van der Waals surface area contributed by atoms with Crippen molar-refractivity contribution in [1.82, 2.24) is 10.3 Å². The van der Waals surface area contributed by atoms with Crippen LogP contribution in [0.4, 0.5) is 4.79 Å². The molecule has 0 saturated heterocycles. The van der Waals surface area contributed by atoms with Crippen LogP contribution in [0.15, 0.2) is 54.6 Å². The van der Waals surface area contributed by atoms with Gasteiger partial charge in [-0.15, -0.1) is 0 Å². The van der Waals surface area contributed by atoms with Gasteiger partial charge in [0, 0.05) is 23.0 Å². The van der Waals surface area contributed by atoms with Crippen molar-refractivity contribution in [2.24, 2.45) is 0 Å². The van der Waals surface area contributed by atoms with E-state index in [1.165, 1.54) is 0 Å². The van der Waals surface area contributed by atoms with E-state index >= 15 is 0 Å². The maximum absolute atomic E-state index is 11.8. The first-order valence-electron chi connectivity index (χ1n) is 7.42. The molecule has 2 aromatic carbocycles. The summed E-state index contributed by atoms with van der Waals surface area (Å²) >= 11 is 0. The molecule has 0 unspecified atom stereocenters. The van der Waals surface area contributed by atoms with E-state index in [0.29, 0.717) is 11.1 Å². The number of carboxylic acids is 1. The zero-order valence-corrected chi connectivity index (χ0v) is 12.8. The molecule has 122 valence electrons. The first kappa shape index (κ1) is 15.6. The molecule has 6 heteroatoms. The number of para-hydroxylation sites is 1. The molecule has 6 nitrogen and oxygen atoms in total. The van der Waals surface area contributed by atoms with E-state index < -0.39 is 12.1 Å². The molecule has 3 rings (SSSR count). The van der Waals surface area contributed by atoms with E-state index in [1.807, 2.05) is 48.5 Å². The standard InChI is InChI=1S/C18H16N2O4/c21-17(22)16-14(13-8-4-5-9-15(13)20-16)10-19-18(23)24-11-12-6-2-1-3-7-12/h1-9,20H,10-11H2,(H,19,23)(H,21,22). The lowest BCUT2D eigenvalue weighted by Gasteiger charge is -2.07. The van der Waals surface area contributed by atoms with Crippen molar-refractivity contribution in [2.75, 3.05) is 0 Å². The van der Waals surface area contributed by atoms with Crippen molar-refractivity contribution in [2.45, 2.75) is 13.2 Å². The molecule has 0 saturated carbocycles. The molecule has 0 aliphatic carbocycles. The quantitative estimate of drug-likeness (QED) is 0.671. The number of ether oxygens (including phenoxy) is 1. The lowest BCUT2D eigenvalue weighted by molar-refractivity contribution is 0.0689. The Morgan fingerprint density at radius 2 is 1.75 bits per heavy atom. The van der Waals surface area contributed by atoms with Crippen LogP contribution < -0.4 is 5.32 Å². The number of carbonyl (C=O) groups excluding carboxylic acids is 1. The van der Waals surface area contributed by atoms with Gasteiger partial charge in [0.15, 0.2) is 0 Å². The summed E-state index contributed by atoms with van der Waals surface area (Å²) in [6.07, 6.45) is -0.597. The van der Waals surface area contributed by atoms with Crippen molar-refractivity contribution in [1.29, 1.82) is 0 Å². The smallest absolute Gasteiger partial charge is 0.407 e. The number of fused-ring (bicyclic) bond motifs is 1. The van der Waals surface area contributed by atoms with Gasteiger partial charge < -0.3 is 20.1 Å². The summed E-state index contributed by atoms with van der Waals surface area (Å²) in [6.45, 7) is 0.228. The van der Waals surface area contributed by atoms with Crippen LogP contribution in [0.2, 0.25) is 0 Å². The maximum atomic E-state index is 11.8. The molecule has 1 amide bonds. The van der Waals surface area contributed by atoms with Gasteiger partial charge in [-0.05, 0) is 11.6 Å². The Hall–Kier alpha value is -3.28. The molecule has 1 heterocycles. The zero-order valence-electron chi connectivity index (χ0n) is 12.8. The van der Waals surface area contributed by atoms with Crippen LogP contribution in [0.5, 0.6) is 0 Å². The van der Waals surface area contributed by atoms with E-state index in [0.717, 1.165) is 10.9 Å². The molecule has 0 aliphatic heterocycles. The van der Waals surface area contributed by atoms with Crippen molar-refractivity contribution in [3.8, 4) is 0 Å². The highest BCUT2D eigenvalue weighted by Crippen LogP contribution is 2.22. The number of alkyl carbamates (subject to hydrolysis) is 1. The summed E-state index contributed by atoms with van der Waals surface area (Å²) < 4.78 is 5.13. The second kappa shape index (κ2) is 6.87. The molecule has 0 radical (unpaired) electrons. The molecule has 0 spiro atoms. The molecule has 0 bridgehead atoms. The third-order valence-corrected chi connectivity index (χ3v) is 3.65. The fourth-order valence-corrected chi connectivity index (χ4v) is 2.50. The number of benzene rings is 2. The van der Waals surface area contributed by atoms with Crippen LogP contribution in [0.3, 0.4) is 0 Å². The van der Waals surface area contributed by atoms with Gasteiger partial charge in [-0.1, -0.05) is 48.5 Å². The minimum absolute atomic E-state index is 0.0687. The number of aromatic carboxylic acids is 1. The molecule has 0 fully saturated rings. The van der Waals surface area contributed by atoms with Gasteiger partial charge >= 0.3 is 12.1 Å². The van der Waals surface area contributed by atoms with E-state index in [-0.39, 0.29) is 18.8 Å². The molecule has 0 atom stereocenters. The van der Waals surface area contributed by atoms with Crippen LogP contribution in [0.25, 0.3) is 10.9 Å². The van der Waals surface area contributed by atoms with Gasteiger partial charge in [-0.3, -0.25) is 0 Å². The number of hydrogen-bond acceptors (Lipinski definition) is 3. The minimum Gasteiger partial charge on any atom is -0.477 e. The number of rotatable bonds is 5. The Balaban J connectivity index is 1.68. The lowest BCUT2D eigenvalue weighted by Crippen LogP contribution is -2.24. The molecular formula is C18H16N2O4. The number of amides is 1. The fourth-order valence-electron chi connectivity index (χ4n) is 2.50. The highest BCUT2D eigenvalue weighted by atomic mass is 16.5. The predicted molar refractivity (Wildman–Crippen MR) is 88.7 cm³/mol. The van der Waals surface area contributed by atoms with Gasteiger partial charge in [0.2, 0.25) is 0 Å². The van der Waals surface area contributed by atoms with Crippen molar-refractivity contribution in [3.63, 3.8) is 0 Å². The average Bonchev–Trinajstić information content (AvgIpc) is 2.98. The van der Waals surface area contributed by atoms with E-state index in [2.05, 4.69) is 10.3 Å². The van der Waals surface area contributed by atoms with Crippen LogP contribution in [-0.4, -0.2) is 22.2 Å². The van der Waals surface area contributed by atoms with E-state index in [9.17, 15) is 14.7 Å². The summed E-state index contributed by atoms with van der Waals surface area (Å²) in [4.78, 5) is 26.1. The number of carboxylic acid groups (broad SMARTS) is 1. The molecule has 3 aromatic rings. The Morgan fingerprint density at radius 1 is 1.04 bits per heavy atom. The highest BCUT2D eigenvalue weighted by Gasteiger charge is 2.17. The second-order valence-corrected chi connectivity index (χ2v) is 5.24. The number of carbonyl (C=O) groups is 2. The molecule has 0 aliphatic rings. The molecule has 24 heavy (non-hydrogen) atoms. The summed E-state index contributed by atoms with van der Waals surface area (Å²) in [5.41, 5.74) is 2.18. The predicted octanol–water partition coefficient (Wildman–Crippen LogP) is 3.29. The van der Waals surface area contributed by atoms with Gasteiger partial charge in [0.1, 0.15) is 12.3 Å². The average molecular weight is 324 g/mol. The summed E-state index contributed by atoms with van der Waals surface area (Å²) in [6, 6.07) is 16.6. The van der Waals surface area contributed by atoms with Crippen molar-refractivity contribution in [3.05, 3.63) is 71.4 Å². The van der Waals surface area contributed by atoms with Gasteiger partial charge in [-0.25, -0.2) is 9.59 Å². The second-order valence-electron chi connectivity index (χ2n) is 5.24. The molecule has 3 N–H and O–H groups in total. The van der Waals surface area contributed by atoms with Crippen LogP contribution in [-0.2, 0) is 17.9 Å². The summed E-state index contributed by atoms with van der Waals surface area (Å²) in [5, 5.41) is 12.7. The Labute approximate surface area is 138 Å². The van der Waals surface area contributed by atoms with Crippen LogP contribution in [0, 0.1) is 0 Å². The monoisotopic (exact) mass is 324 g/mol. The van der Waals surface area contributed by atoms with E-state index in [1.54, 1.807) is 6.07 Å². The Morgan fingerprint density at radius 3 is 2.50 bits per heavy atom. The Kier molecular flexibility index (Phi) is 4.47. The lowest BCUT2D eigenvalue weighted by atomic mass is 10.1. The SMILES string of the molecule is O=C(NCc1c(C(=O)O)[nH]c2ccccc12)OCc1ccccc1. The number of H-pyrrole nitrogens is 1. The van der Waals surface area contributed by atoms with Gasteiger partial charge in [0.25, 0.3) is 0 Å². The third kappa shape index (κ3) is 3.38. The minimum atomic E-state index is -1.07. The number of nitrogens with one attached hydrogen (secondary N) is 2. The van der Waals surface area contributed by atoms with E-state index in [4.69, 9.17) is 4.74 Å². The zero-order chi connectivity index (χ0) is 16.9. The Bertz CT molecular complexity index is 871. The largest absolute Gasteiger partial charge is 0.477 e. The number of aromatic amines is 1. The maximum Gasteiger partial charge on any atom is 0.407 e. The summed E-state index contributed by atoms with van der Waals surface area (Å²) in [7, 11) is 0. The molecule has 1 aromatic heterocycles. The normalized spacial score (nSPS) is 10.5. The number of hydrogen-bond donors (Lipinski definition) is 3. The van der Waals surface area contributed by atoms with Crippen LogP contribution in [0.1, 0.15) is 21.6 Å². The number of aromatic nitrogens is 1. The first-order valence-corrected chi connectivity index (χ1v) is 7.42. The first-order chi connectivity index (χ1) is 11.6. The third-order valence-electron chi connectivity index (χ3n) is 3.65. The summed E-state index contributed by atoms with van der Waals surface area (Å²) in [5.74, 6) is -1.07. The highest BCUT2D eigenvalue weighted by molar-refractivity contribution is 5.97. The van der Waals surface area contributed by atoms with Crippen LogP contribution >= 0.6 is 0 Å². The fraction of sp³-hybridized carbons (Fsp3) is 0.111. The van der Waals surface area contributed by atoms with Gasteiger partial charge in [0.05, 0.1) is 0 Å². The topological polar surface area (TPSA) is 91.4 Å².